The zero-order valence-electron chi connectivity index (χ0n) is 14.1. The number of aryl methyl sites for hydroxylation is 1. The molecule has 25 heavy (non-hydrogen) atoms. The number of fused-ring (bicyclic) bond motifs is 3. The topological polar surface area (TPSA) is 60.0 Å². The van der Waals surface area contributed by atoms with Crippen molar-refractivity contribution < 1.29 is 4.42 Å². The molecular formula is C19H19N5O. The number of piperidine rings is 1. The summed E-state index contributed by atoms with van der Waals surface area (Å²) in [6, 6.07) is 8.03. The zero-order chi connectivity index (χ0) is 16.8. The number of rotatable bonds is 2. The van der Waals surface area contributed by atoms with E-state index in [4.69, 9.17) is 4.42 Å². The van der Waals surface area contributed by atoms with Gasteiger partial charge in [0, 0.05) is 31.7 Å². The molecule has 126 valence electrons. The molecular weight excluding hydrogens is 314 g/mol. The van der Waals surface area contributed by atoms with Crippen LogP contribution in [0.25, 0.3) is 22.1 Å². The number of hydrogen-bond donors (Lipinski definition) is 0. The predicted molar refractivity (Wildman–Crippen MR) is 96.7 cm³/mol. The molecule has 0 radical (unpaired) electrons. The Balaban J connectivity index is 1.46. The number of anilines is 1. The van der Waals surface area contributed by atoms with Crippen LogP contribution in [-0.4, -0.2) is 32.8 Å². The lowest BCUT2D eigenvalue weighted by molar-refractivity contribution is 0.501. The fourth-order valence-corrected chi connectivity index (χ4v) is 3.81. The monoisotopic (exact) mass is 333 g/mol. The number of benzene rings is 1. The highest BCUT2D eigenvalue weighted by Crippen LogP contribution is 2.35. The molecule has 0 bridgehead atoms. The van der Waals surface area contributed by atoms with Gasteiger partial charge in [-0.3, -0.25) is 4.68 Å². The molecule has 1 aromatic carbocycles. The second-order valence-electron chi connectivity index (χ2n) is 6.68. The van der Waals surface area contributed by atoms with Crippen molar-refractivity contribution in [2.45, 2.75) is 18.8 Å². The van der Waals surface area contributed by atoms with Crippen LogP contribution in [-0.2, 0) is 7.05 Å². The number of furan rings is 1. The number of nitrogens with zero attached hydrogens (tertiary/aromatic N) is 5. The van der Waals surface area contributed by atoms with E-state index in [1.54, 1.807) is 6.33 Å². The van der Waals surface area contributed by atoms with E-state index in [-0.39, 0.29) is 0 Å². The highest BCUT2D eigenvalue weighted by molar-refractivity contribution is 6.05. The predicted octanol–water partition coefficient (Wildman–Crippen LogP) is 3.49. The molecule has 0 spiro atoms. The lowest BCUT2D eigenvalue weighted by Crippen LogP contribution is -2.33. The zero-order valence-corrected chi connectivity index (χ0v) is 14.1. The van der Waals surface area contributed by atoms with Gasteiger partial charge in [0.25, 0.3) is 0 Å². The van der Waals surface area contributed by atoms with Gasteiger partial charge in [0.15, 0.2) is 11.4 Å². The van der Waals surface area contributed by atoms with Crippen molar-refractivity contribution in [2.75, 3.05) is 18.0 Å². The summed E-state index contributed by atoms with van der Waals surface area (Å²) in [4.78, 5) is 11.3. The summed E-state index contributed by atoms with van der Waals surface area (Å²) in [5.74, 6) is 1.48. The Bertz CT molecular complexity index is 1040. The van der Waals surface area contributed by atoms with Gasteiger partial charge in [0.05, 0.1) is 6.20 Å². The Labute approximate surface area is 145 Å². The summed E-state index contributed by atoms with van der Waals surface area (Å²) in [6.45, 7) is 1.92. The number of aromatic nitrogens is 4. The maximum absolute atomic E-state index is 6.07. The van der Waals surface area contributed by atoms with E-state index in [9.17, 15) is 0 Å². The minimum absolute atomic E-state index is 0.568. The van der Waals surface area contributed by atoms with Gasteiger partial charge in [-0.25, -0.2) is 9.97 Å². The van der Waals surface area contributed by atoms with Crippen LogP contribution in [0, 0.1) is 0 Å². The first kappa shape index (κ1) is 14.5. The van der Waals surface area contributed by atoms with Crippen LogP contribution in [0.5, 0.6) is 0 Å². The van der Waals surface area contributed by atoms with Crippen molar-refractivity contribution in [3.05, 3.63) is 48.5 Å². The molecule has 4 aromatic rings. The molecule has 3 aromatic heterocycles. The molecule has 0 atom stereocenters. The van der Waals surface area contributed by atoms with E-state index < -0.39 is 0 Å². The average Bonchev–Trinajstić information content (AvgIpc) is 3.25. The standard InChI is InChI=1S/C19H19N5O/c1-23-11-14(10-22-23)13-6-8-24(9-7-13)19-18-17(20-12-21-19)15-4-2-3-5-16(15)25-18/h2-5,10-13H,6-9H2,1H3. The largest absolute Gasteiger partial charge is 0.450 e. The fourth-order valence-electron chi connectivity index (χ4n) is 3.81. The van der Waals surface area contributed by atoms with Crippen molar-refractivity contribution in [3.8, 4) is 0 Å². The highest BCUT2D eigenvalue weighted by Gasteiger charge is 2.25. The summed E-state index contributed by atoms with van der Waals surface area (Å²) in [7, 11) is 1.97. The molecule has 0 N–H and O–H groups in total. The van der Waals surface area contributed by atoms with E-state index in [1.807, 2.05) is 42.2 Å². The van der Waals surface area contributed by atoms with Crippen LogP contribution in [0.4, 0.5) is 5.82 Å². The van der Waals surface area contributed by atoms with Gasteiger partial charge >= 0.3 is 0 Å². The van der Waals surface area contributed by atoms with Crippen molar-refractivity contribution in [1.29, 1.82) is 0 Å². The van der Waals surface area contributed by atoms with Crippen LogP contribution in [0.1, 0.15) is 24.3 Å². The Morgan fingerprint density at radius 1 is 1.12 bits per heavy atom. The molecule has 0 unspecified atom stereocenters. The van der Waals surface area contributed by atoms with Crippen LogP contribution in [0.3, 0.4) is 0 Å². The molecule has 1 aliphatic heterocycles. The van der Waals surface area contributed by atoms with Gasteiger partial charge in [0.1, 0.15) is 17.4 Å². The molecule has 0 amide bonds. The van der Waals surface area contributed by atoms with E-state index in [0.717, 1.165) is 53.8 Å². The van der Waals surface area contributed by atoms with Gasteiger partial charge < -0.3 is 9.32 Å². The second-order valence-corrected chi connectivity index (χ2v) is 6.68. The van der Waals surface area contributed by atoms with Crippen molar-refractivity contribution in [1.82, 2.24) is 19.7 Å². The maximum atomic E-state index is 6.07. The maximum Gasteiger partial charge on any atom is 0.196 e. The van der Waals surface area contributed by atoms with Gasteiger partial charge in [-0.1, -0.05) is 12.1 Å². The normalized spacial score (nSPS) is 16.1. The van der Waals surface area contributed by atoms with E-state index >= 15 is 0 Å². The first-order valence-electron chi connectivity index (χ1n) is 8.65. The molecule has 0 aliphatic carbocycles. The first-order chi connectivity index (χ1) is 12.3. The summed E-state index contributed by atoms with van der Waals surface area (Å²) in [6.07, 6.45) is 7.95. The fraction of sp³-hybridized carbons (Fsp3) is 0.316. The second kappa shape index (κ2) is 5.58. The van der Waals surface area contributed by atoms with Gasteiger partial charge in [0.2, 0.25) is 0 Å². The SMILES string of the molecule is Cn1cc(C2CCN(c3ncnc4c3oc3ccccc34)CC2)cn1. The average molecular weight is 333 g/mol. The molecule has 1 aliphatic rings. The summed E-state index contributed by atoms with van der Waals surface area (Å²) >= 11 is 0. The third-order valence-corrected chi connectivity index (χ3v) is 5.13. The third-order valence-electron chi connectivity index (χ3n) is 5.13. The van der Waals surface area contributed by atoms with E-state index in [0.29, 0.717) is 5.92 Å². The first-order valence-corrected chi connectivity index (χ1v) is 8.65. The van der Waals surface area contributed by atoms with Crippen molar-refractivity contribution in [3.63, 3.8) is 0 Å². The molecule has 4 heterocycles. The molecule has 0 saturated carbocycles. The van der Waals surface area contributed by atoms with Gasteiger partial charge in [-0.05, 0) is 36.5 Å². The molecule has 6 heteroatoms. The summed E-state index contributed by atoms with van der Waals surface area (Å²) in [5, 5.41) is 5.35. The summed E-state index contributed by atoms with van der Waals surface area (Å²) in [5.41, 5.74) is 3.89. The Hall–Kier alpha value is -2.89. The minimum atomic E-state index is 0.568. The molecule has 1 saturated heterocycles. The Morgan fingerprint density at radius 3 is 2.76 bits per heavy atom. The van der Waals surface area contributed by atoms with Gasteiger partial charge in [-0.2, -0.15) is 5.10 Å². The molecule has 6 nitrogen and oxygen atoms in total. The Morgan fingerprint density at radius 2 is 1.96 bits per heavy atom. The smallest absolute Gasteiger partial charge is 0.196 e. The van der Waals surface area contributed by atoms with Crippen LogP contribution >= 0.6 is 0 Å². The quantitative estimate of drug-likeness (QED) is 0.562. The van der Waals surface area contributed by atoms with Crippen LogP contribution in [0.15, 0.2) is 47.4 Å². The number of hydrogen-bond acceptors (Lipinski definition) is 5. The van der Waals surface area contributed by atoms with Crippen LogP contribution < -0.4 is 4.90 Å². The van der Waals surface area contributed by atoms with Crippen molar-refractivity contribution in [2.24, 2.45) is 7.05 Å². The third kappa shape index (κ3) is 2.36. The molecule has 5 rings (SSSR count). The lowest BCUT2D eigenvalue weighted by Gasteiger charge is -2.32. The minimum Gasteiger partial charge on any atom is -0.450 e. The molecule has 1 fully saturated rings. The van der Waals surface area contributed by atoms with Crippen LogP contribution in [0.2, 0.25) is 0 Å². The Kier molecular flexibility index (Phi) is 3.23. The lowest BCUT2D eigenvalue weighted by atomic mass is 9.91. The highest BCUT2D eigenvalue weighted by atomic mass is 16.3. The number of para-hydroxylation sites is 1. The van der Waals surface area contributed by atoms with Gasteiger partial charge in [-0.15, -0.1) is 0 Å². The summed E-state index contributed by atoms with van der Waals surface area (Å²) < 4.78 is 7.95. The van der Waals surface area contributed by atoms with E-state index in [2.05, 4.69) is 26.2 Å². The van der Waals surface area contributed by atoms with Crippen molar-refractivity contribution >= 4 is 27.9 Å². The van der Waals surface area contributed by atoms with E-state index in [1.165, 1.54) is 5.56 Å².